The maximum Gasteiger partial charge on any atom is 0.331 e. The van der Waals surface area contributed by atoms with E-state index in [1.165, 1.54) is 19.1 Å². The smallest absolute Gasteiger partial charge is 0.331 e. The maximum absolute atomic E-state index is 11.8. The average molecular weight is 392 g/mol. The Labute approximate surface area is 160 Å². The van der Waals surface area contributed by atoms with Gasteiger partial charge in [0.1, 0.15) is 0 Å². The Kier molecular flexibility index (Phi) is 6.95. The fraction of sp³-hybridized carbons (Fsp3) is 0.105. The SMILES string of the molecule is CC(=O)c1ccc(NC(=O)COC(=O)/C=C/c2ccc(Cl)c(Cl)c2)cc1. The number of ketones is 1. The van der Waals surface area contributed by atoms with Gasteiger partial charge in [-0.2, -0.15) is 0 Å². The summed E-state index contributed by atoms with van der Waals surface area (Å²) in [4.78, 5) is 34.6. The summed E-state index contributed by atoms with van der Waals surface area (Å²) in [5.74, 6) is -1.22. The van der Waals surface area contributed by atoms with Gasteiger partial charge in [0.15, 0.2) is 12.4 Å². The highest BCUT2D eigenvalue weighted by Gasteiger charge is 2.07. The first-order valence-electron chi connectivity index (χ1n) is 7.56. The third kappa shape index (κ3) is 6.02. The summed E-state index contributed by atoms with van der Waals surface area (Å²) in [6, 6.07) is 11.3. The van der Waals surface area contributed by atoms with Crippen LogP contribution in [0.25, 0.3) is 6.08 Å². The van der Waals surface area contributed by atoms with Crippen LogP contribution < -0.4 is 5.32 Å². The van der Waals surface area contributed by atoms with Crippen molar-refractivity contribution in [2.45, 2.75) is 6.92 Å². The van der Waals surface area contributed by atoms with Crippen LogP contribution in [0.5, 0.6) is 0 Å². The van der Waals surface area contributed by atoms with Crippen molar-refractivity contribution in [1.82, 2.24) is 0 Å². The van der Waals surface area contributed by atoms with Gasteiger partial charge in [-0.3, -0.25) is 9.59 Å². The highest BCUT2D eigenvalue weighted by atomic mass is 35.5. The minimum atomic E-state index is -0.668. The van der Waals surface area contributed by atoms with Crippen LogP contribution in [0.1, 0.15) is 22.8 Å². The second-order valence-electron chi connectivity index (χ2n) is 5.30. The fourth-order valence-electron chi connectivity index (χ4n) is 1.95. The summed E-state index contributed by atoms with van der Waals surface area (Å²) < 4.78 is 4.86. The zero-order valence-electron chi connectivity index (χ0n) is 13.8. The molecule has 0 atom stereocenters. The number of Topliss-reactive ketones (excluding diaryl/α,β-unsaturated/α-hetero) is 1. The number of hydrogen-bond donors (Lipinski definition) is 1. The quantitative estimate of drug-likeness (QED) is 0.450. The highest BCUT2D eigenvalue weighted by Crippen LogP contribution is 2.23. The number of anilines is 1. The van der Waals surface area contributed by atoms with Crippen molar-refractivity contribution in [1.29, 1.82) is 0 Å². The van der Waals surface area contributed by atoms with Gasteiger partial charge in [-0.25, -0.2) is 4.79 Å². The summed E-state index contributed by atoms with van der Waals surface area (Å²) in [7, 11) is 0. The highest BCUT2D eigenvalue weighted by molar-refractivity contribution is 6.42. The van der Waals surface area contributed by atoms with Gasteiger partial charge in [-0.05, 0) is 55.0 Å². The molecule has 0 radical (unpaired) electrons. The first-order valence-corrected chi connectivity index (χ1v) is 8.31. The third-order valence-corrected chi connectivity index (χ3v) is 4.02. The molecule has 1 amide bonds. The van der Waals surface area contributed by atoms with Crippen molar-refractivity contribution in [2.24, 2.45) is 0 Å². The van der Waals surface area contributed by atoms with Gasteiger partial charge in [0.2, 0.25) is 0 Å². The normalized spacial score (nSPS) is 10.6. The number of rotatable bonds is 6. The number of nitrogens with one attached hydrogen (secondary N) is 1. The Morgan fingerprint density at radius 1 is 1.04 bits per heavy atom. The van der Waals surface area contributed by atoms with E-state index in [4.69, 9.17) is 27.9 Å². The van der Waals surface area contributed by atoms with Crippen LogP contribution in [0.2, 0.25) is 10.0 Å². The van der Waals surface area contributed by atoms with E-state index in [9.17, 15) is 14.4 Å². The van der Waals surface area contributed by atoms with E-state index in [1.807, 2.05) is 0 Å². The van der Waals surface area contributed by atoms with Gasteiger partial charge in [-0.1, -0.05) is 29.3 Å². The van der Waals surface area contributed by atoms with Gasteiger partial charge < -0.3 is 10.1 Å². The monoisotopic (exact) mass is 391 g/mol. The Morgan fingerprint density at radius 3 is 2.35 bits per heavy atom. The molecule has 1 N–H and O–H groups in total. The molecule has 0 aliphatic rings. The van der Waals surface area contributed by atoms with Crippen molar-refractivity contribution < 1.29 is 19.1 Å². The molecule has 134 valence electrons. The Hall–Kier alpha value is -2.63. The van der Waals surface area contributed by atoms with E-state index in [-0.39, 0.29) is 5.78 Å². The van der Waals surface area contributed by atoms with E-state index in [0.29, 0.717) is 26.9 Å². The van der Waals surface area contributed by atoms with E-state index in [2.05, 4.69) is 5.32 Å². The summed E-state index contributed by atoms with van der Waals surface area (Å²) in [5, 5.41) is 3.36. The molecule has 7 heteroatoms. The minimum absolute atomic E-state index is 0.0643. The topological polar surface area (TPSA) is 72.5 Å². The zero-order valence-corrected chi connectivity index (χ0v) is 15.3. The van der Waals surface area contributed by atoms with Crippen LogP contribution in [-0.2, 0) is 14.3 Å². The average Bonchev–Trinajstić information content (AvgIpc) is 2.61. The molecule has 0 aliphatic carbocycles. The van der Waals surface area contributed by atoms with E-state index in [0.717, 1.165) is 0 Å². The molecular weight excluding hydrogens is 377 g/mol. The summed E-state index contributed by atoms with van der Waals surface area (Å²) in [6.45, 7) is 1.03. The van der Waals surface area contributed by atoms with Crippen molar-refractivity contribution >= 4 is 52.6 Å². The first-order chi connectivity index (χ1) is 12.3. The maximum atomic E-state index is 11.8. The molecule has 2 rings (SSSR count). The summed E-state index contributed by atoms with van der Waals surface area (Å²) in [6.07, 6.45) is 2.69. The number of esters is 1. The van der Waals surface area contributed by atoms with Gasteiger partial charge >= 0.3 is 5.97 Å². The van der Waals surface area contributed by atoms with Crippen molar-refractivity contribution in [2.75, 3.05) is 11.9 Å². The molecule has 0 saturated heterocycles. The molecular formula is C19H15Cl2NO4. The standard InChI is InChI=1S/C19H15Cl2NO4/c1-12(23)14-4-6-15(7-5-14)22-18(24)11-26-19(25)9-3-13-2-8-16(20)17(21)10-13/h2-10H,11H2,1H3,(H,22,24)/b9-3+. The number of benzene rings is 2. The van der Waals surface area contributed by atoms with Crippen molar-refractivity contribution in [3.8, 4) is 0 Å². The lowest BCUT2D eigenvalue weighted by molar-refractivity contribution is -0.142. The molecule has 0 saturated carbocycles. The number of carbonyl (C=O) groups is 3. The molecule has 0 heterocycles. The number of amides is 1. The number of ether oxygens (including phenoxy) is 1. The van der Waals surface area contributed by atoms with E-state index >= 15 is 0 Å². The molecule has 0 aliphatic heterocycles. The van der Waals surface area contributed by atoms with Crippen LogP contribution in [0.15, 0.2) is 48.5 Å². The lowest BCUT2D eigenvalue weighted by Gasteiger charge is -2.06. The molecule has 26 heavy (non-hydrogen) atoms. The second kappa shape index (κ2) is 9.17. The Balaban J connectivity index is 1.82. The summed E-state index contributed by atoms with van der Waals surface area (Å²) >= 11 is 11.7. The zero-order chi connectivity index (χ0) is 19.1. The van der Waals surface area contributed by atoms with Gasteiger partial charge in [-0.15, -0.1) is 0 Å². The minimum Gasteiger partial charge on any atom is -0.452 e. The van der Waals surface area contributed by atoms with Gasteiger partial charge in [0.05, 0.1) is 10.0 Å². The Bertz CT molecular complexity index is 860. The molecule has 0 spiro atoms. The molecule has 2 aromatic rings. The molecule has 0 fully saturated rings. The van der Waals surface area contributed by atoms with Crippen LogP contribution in [0, 0.1) is 0 Å². The number of hydrogen-bond acceptors (Lipinski definition) is 4. The van der Waals surface area contributed by atoms with Crippen molar-refractivity contribution in [3.63, 3.8) is 0 Å². The summed E-state index contributed by atoms with van der Waals surface area (Å²) in [5.41, 5.74) is 1.72. The lowest BCUT2D eigenvalue weighted by atomic mass is 10.1. The van der Waals surface area contributed by atoms with Crippen LogP contribution in [0.4, 0.5) is 5.69 Å². The number of carbonyl (C=O) groups excluding carboxylic acids is 3. The largest absolute Gasteiger partial charge is 0.452 e. The molecule has 0 bridgehead atoms. The fourth-order valence-corrected chi connectivity index (χ4v) is 2.26. The third-order valence-electron chi connectivity index (χ3n) is 3.28. The second-order valence-corrected chi connectivity index (χ2v) is 6.11. The predicted octanol–water partition coefficient (Wildman–Crippen LogP) is 4.39. The van der Waals surface area contributed by atoms with Crippen LogP contribution >= 0.6 is 23.2 Å². The van der Waals surface area contributed by atoms with Gasteiger partial charge in [0, 0.05) is 17.3 Å². The molecule has 0 unspecified atom stereocenters. The molecule has 5 nitrogen and oxygen atoms in total. The van der Waals surface area contributed by atoms with E-state index < -0.39 is 18.5 Å². The van der Waals surface area contributed by atoms with E-state index in [1.54, 1.807) is 42.5 Å². The molecule has 0 aromatic heterocycles. The van der Waals surface area contributed by atoms with Crippen LogP contribution in [-0.4, -0.2) is 24.3 Å². The van der Waals surface area contributed by atoms with Gasteiger partial charge in [0.25, 0.3) is 5.91 Å². The van der Waals surface area contributed by atoms with Crippen LogP contribution in [0.3, 0.4) is 0 Å². The first kappa shape index (κ1) is 19.7. The lowest BCUT2D eigenvalue weighted by Crippen LogP contribution is -2.20. The Morgan fingerprint density at radius 2 is 1.73 bits per heavy atom. The van der Waals surface area contributed by atoms with Crippen molar-refractivity contribution in [3.05, 3.63) is 69.7 Å². The number of halogens is 2. The predicted molar refractivity (Wildman–Crippen MR) is 102 cm³/mol. The molecule has 2 aromatic carbocycles.